The minimum Gasteiger partial charge on any atom is -0.493 e. The molecule has 2 aliphatic heterocycles. The maximum atomic E-state index is 13.4. The van der Waals surface area contributed by atoms with Gasteiger partial charge in [0.05, 0.1) is 26.5 Å². The highest BCUT2D eigenvalue weighted by atomic mass is 32.1. The number of thiazole rings is 1. The summed E-state index contributed by atoms with van der Waals surface area (Å²) >= 11 is 1.43. The van der Waals surface area contributed by atoms with E-state index < -0.39 is 11.6 Å². The van der Waals surface area contributed by atoms with Crippen LogP contribution in [-0.2, 0) is 16.9 Å². The van der Waals surface area contributed by atoms with Crippen molar-refractivity contribution in [3.63, 3.8) is 0 Å². The van der Waals surface area contributed by atoms with Crippen LogP contribution in [0.1, 0.15) is 18.2 Å². The van der Waals surface area contributed by atoms with E-state index >= 15 is 0 Å². The van der Waals surface area contributed by atoms with Gasteiger partial charge in [-0.3, -0.25) is 9.69 Å². The number of aromatic nitrogens is 1. The van der Waals surface area contributed by atoms with Crippen molar-refractivity contribution in [2.45, 2.75) is 19.0 Å². The minimum atomic E-state index is -1.21. The number of rotatable bonds is 6. The fraction of sp³-hybridized carbons (Fsp3) is 0.292. The van der Waals surface area contributed by atoms with Gasteiger partial charge in [-0.1, -0.05) is 6.07 Å². The highest BCUT2D eigenvalue weighted by molar-refractivity contribution is 7.13. The van der Waals surface area contributed by atoms with Gasteiger partial charge in [-0.05, 0) is 42.8 Å². The SMILES string of the molecule is COc1ccc(-c2nc(CN3C(=O)NC(C)(c4ccc5c(c4)OCCO5)C3=O)cs2)cc1OC. The van der Waals surface area contributed by atoms with Gasteiger partial charge in [-0.25, -0.2) is 9.78 Å². The first kappa shape index (κ1) is 22.0. The summed E-state index contributed by atoms with van der Waals surface area (Å²) in [4.78, 5) is 32.0. The molecule has 2 aliphatic rings. The Hall–Kier alpha value is -3.79. The lowest BCUT2D eigenvalue weighted by atomic mass is 9.91. The second kappa shape index (κ2) is 8.53. The van der Waals surface area contributed by atoms with Gasteiger partial charge in [0.25, 0.3) is 5.91 Å². The van der Waals surface area contributed by atoms with Crippen LogP contribution in [0.4, 0.5) is 4.79 Å². The molecule has 5 rings (SSSR count). The zero-order chi connectivity index (χ0) is 23.9. The van der Waals surface area contributed by atoms with E-state index in [1.54, 1.807) is 39.3 Å². The minimum absolute atomic E-state index is 0.0641. The van der Waals surface area contributed by atoms with E-state index in [4.69, 9.17) is 18.9 Å². The van der Waals surface area contributed by atoms with Crippen molar-refractivity contribution >= 4 is 23.3 Å². The quantitative estimate of drug-likeness (QED) is 0.538. The van der Waals surface area contributed by atoms with Gasteiger partial charge in [0.1, 0.15) is 23.8 Å². The van der Waals surface area contributed by atoms with Gasteiger partial charge >= 0.3 is 6.03 Å². The number of hydrogen-bond donors (Lipinski definition) is 1. The number of nitrogens with one attached hydrogen (secondary N) is 1. The first-order valence-electron chi connectivity index (χ1n) is 10.6. The molecule has 1 N–H and O–H groups in total. The number of imide groups is 1. The number of fused-ring (bicyclic) bond motifs is 1. The van der Waals surface area contributed by atoms with Crippen LogP contribution < -0.4 is 24.3 Å². The van der Waals surface area contributed by atoms with E-state index in [2.05, 4.69) is 10.3 Å². The van der Waals surface area contributed by atoms with Crippen molar-refractivity contribution in [2.75, 3.05) is 27.4 Å². The van der Waals surface area contributed by atoms with Crippen molar-refractivity contribution in [1.82, 2.24) is 15.2 Å². The molecular formula is C24H23N3O6S. The van der Waals surface area contributed by atoms with Crippen LogP contribution in [0.5, 0.6) is 23.0 Å². The van der Waals surface area contributed by atoms with Gasteiger partial charge < -0.3 is 24.3 Å². The Morgan fingerprint density at radius 2 is 1.82 bits per heavy atom. The van der Waals surface area contributed by atoms with E-state index in [-0.39, 0.29) is 12.5 Å². The molecule has 176 valence electrons. The summed E-state index contributed by atoms with van der Waals surface area (Å²) in [6.45, 7) is 2.67. The molecule has 3 aromatic rings. The predicted molar refractivity (Wildman–Crippen MR) is 125 cm³/mol. The van der Waals surface area contributed by atoms with E-state index in [0.29, 0.717) is 47.5 Å². The van der Waals surface area contributed by atoms with Crippen molar-refractivity contribution < 1.29 is 28.5 Å². The Labute approximate surface area is 200 Å². The third-order valence-corrected chi connectivity index (χ3v) is 6.84. The molecular weight excluding hydrogens is 458 g/mol. The maximum absolute atomic E-state index is 13.4. The Bertz CT molecular complexity index is 1280. The Morgan fingerprint density at radius 3 is 2.59 bits per heavy atom. The molecule has 0 aliphatic carbocycles. The number of hydrogen-bond acceptors (Lipinski definition) is 8. The number of carbonyl (C=O) groups is 2. The van der Waals surface area contributed by atoms with Gasteiger partial charge in [0, 0.05) is 10.9 Å². The van der Waals surface area contributed by atoms with Crippen LogP contribution in [0.3, 0.4) is 0 Å². The largest absolute Gasteiger partial charge is 0.493 e. The molecule has 34 heavy (non-hydrogen) atoms. The summed E-state index contributed by atoms with van der Waals surface area (Å²) in [5.41, 5.74) is 0.883. The molecule has 3 heterocycles. The number of nitrogens with zero attached hydrogens (tertiary/aromatic N) is 2. The third kappa shape index (κ3) is 3.69. The molecule has 1 unspecified atom stereocenters. The molecule has 2 aromatic carbocycles. The lowest BCUT2D eigenvalue weighted by Crippen LogP contribution is -2.41. The molecule has 1 fully saturated rings. The van der Waals surface area contributed by atoms with Crippen LogP contribution >= 0.6 is 11.3 Å². The number of amides is 3. The fourth-order valence-electron chi connectivity index (χ4n) is 4.03. The maximum Gasteiger partial charge on any atom is 0.325 e. The monoisotopic (exact) mass is 481 g/mol. The van der Waals surface area contributed by atoms with Gasteiger partial charge in [0.2, 0.25) is 0 Å². The standard InChI is InChI=1S/C24H23N3O6S/c1-24(15-5-7-18-20(11-15)33-9-8-32-18)22(28)27(23(29)26-24)12-16-13-34-21(25-16)14-4-6-17(30-2)19(10-14)31-3/h4-7,10-11,13H,8-9,12H2,1-3H3,(H,26,29). The van der Waals surface area contributed by atoms with E-state index in [1.165, 1.54) is 16.2 Å². The Morgan fingerprint density at radius 1 is 1.06 bits per heavy atom. The van der Waals surface area contributed by atoms with Crippen LogP contribution in [0.25, 0.3) is 10.6 Å². The van der Waals surface area contributed by atoms with Gasteiger partial charge in [-0.2, -0.15) is 0 Å². The lowest BCUT2D eigenvalue weighted by molar-refractivity contribution is -0.131. The van der Waals surface area contributed by atoms with Gasteiger partial charge in [0.15, 0.2) is 23.0 Å². The summed E-state index contributed by atoms with van der Waals surface area (Å²) in [6.07, 6.45) is 0. The fourth-order valence-corrected chi connectivity index (χ4v) is 4.84. The highest BCUT2D eigenvalue weighted by Crippen LogP contribution is 2.38. The predicted octanol–water partition coefficient (Wildman–Crippen LogP) is 3.57. The van der Waals surface area contributed by atoms with Crippen molar-refractivity contribution in [2.24, 2.45) is 0 Å². The third-order valence-electron chi connectivity index (χ3n) is 5.90. The van der Waals surface area contributed by atoms with Crippen LogP contribution in [0, 0.1) is 0 Å². The topological polar surface area (TPSA) is 99.2 Å². The zero-order valence-corrected chi connectivity index (χ0v) is 19.7. The summed E-state index contributed by atoms with van der Waals surface area (Å²) in [6, 6.07) is 10.3. The van der Waals surface area contributed by atoms with Crippen molar-refractivity contribution in [3.8, 4) is 33.6 Å². The number of benzene rings is 2. The van der Waals surface area contributed by atoms with Crippen molar-refractivity contribution in [3.05, 3.63) is 53.0 Å². The molecule has 1 saturated heterocycles. The molecule has 0 saturated carbocycles. The number of carbonyl (C=O) groups excluding carboxylic acids is 2. The normalized spacial score (nSPS) is 19.2. The molecule has 1 aromatic heterocycles. The first-order chi connectivity index (χ1) is 16.4. The molecule has 1 atom stereocenters. The van der Waals surface area contributed by atoms with E-state index in [9.17, 15) is 9.59 Å². The number of methoxy groups -OCH3 is 2. The molecule has 0 bridgehead atoms. The van der Waals surface area contributed by atoms with E-state index in [1.807, 2.05) is 23.6 Å². The summed E-state index contributed by atoms with van der Waals surface area (Å²) in [5, 5.41) is 5.41. The zero-order valence-electron chi connectivity index (χ0n) is 18.9. The van der Waals surface area contributed by atoms with Crippen LogP contribution in [-0.4, -0.2) is 49.3 Å². The highest BCUT2D eigenvalue weighted by Gasteiger charge is 2.49. The Balaban J connectivity index is 1.36. The molecule has 3 amide bonds. The summed E-state index contributed by atoms with van der Waals surface area (Å²) < 4.78 is 21.9. The van der Waals surface area contributed by atoms with Crippen LogP contribution in [0.15, 0.2) is 41.8 Å². The van der Waals surface area contributed by atoms with Gasteiger partial charge in [-0.15, -0.1) is 11.3 Å². The number of ether oxygens (including phenoxy) is 4. The average molecular weight is 482 g/mol. The molecule has 0 radical (unpaired) electrons. The second-order valence-electron chi connectivity index (χ2n) is 8.02. The van der Waals surface area contributed by atoms with Crippen molar-refractivity contribution in [1.29, 1.82) is 0 Å². The summed E-state index contributed by atoms with van der Waals surface area (Å²) in [7, 11) is 3.15. The molecule has 9 nitrogen and oxygen atoms in total. The van der Waals surface area contributed by atoms with E-state index in [0.717, 1.165) is 10.6 Å². The molecule has 10 heteroatoms. The number of urea groups is 1. The second-order valence-corrected chi connectivity index (χ2v) is 8.88. The molecule has 0 spiro atoms. The summed E-state index contributed by atoms with van der Waals surface area (Å²) in [5.74, 6) is 2.05. The van der Waals surface area contributed by atoms with Crippen LogP contribution in [0.2, 0.25) is 0 Å². The first-order valence-corrected chi connectivity index (χ1v) is 11.5. The lowest BCUT2D eigenvalue weighted by Gasteiger charge is -2.25. The Kier molecular flexibility index (Phi) is 5.52. The smallest absolute Gasteiger partial charge is 0.325 e. The average Bonchev–Trinajstić information content (AvgIpc) is 3.42.